The van der Waals surface area contributed by atoms with Crippen LogP contribution in [0, 0.1) is 11.8 Å². The average molecular weight is 519 g/mol. The van der Waals surface area contributed by atoms with Gasteiger partial charge in [0.1, 0.15) is 12.2 Å². The lowest BCUT2D eigenvalue weighted by Crippen LogP contribution is -2.26. The molecule has 0 spiro atoms. The quantitative estimate of drug-likeness (QED) is 0.377. The van der Waals surface area contributed by atoms with E-state index in [1.807, 2.05) is 52.5 Å². The minimum absolute atomic E-state index is 0.0334. The molecule has 4 atom stereocenters. The number of nitrogens with one attached hydrogen (secondary N) is 2. The van der Waals surface area contributed by atoms with Crippen LogP contribution in [0.4, 0.5) is 0 Å². The van der Waals surface area contributed by atoms with Gasteiger partial charge in [0.2, 0.25) is 23.6 Å². The summed E-state index contributed by atoms with van der Waals surface area (Å²) in [5, 5.41) is 16.5. The van der Waals surface area contributed by atoms with E-state index in [2.05, 4.69) is 20.8 Å². The maximum Gasteiger partial charge on any atom is 0.225 e. The fourth-order valence-electron chi connectivity index (χ4n) is 5.12. The number of amides is 2. The van der Waals surface area contributed by atoms with Gasteiger partial charge in [0, 0.05) is 64.3 Å². The minimum Gasteiger partial charge on any atom is -0.474 e. The van der Waals surface area contributed by atoms with E-state index in [1.54, 1.807) is 9.36 Å². The number of hydrogen-bond acceptors (Lipinski definition) is 8. The molecule has 2 aliphatic rings. The van der Waals surface area contributed by atoms with Crippen molar-refractivity contribution >= 4 is 33.6 Å². The number of hydrogen-bond donors (Lipinski definition) is 2. The Balaban J connectivity index is 1.39. The molecular formula is C26H30N8O4. The summed E-state index contributed by atoms with van der Waals surface area (Å²) in [5.41, 5.74) is 2.58. The van der Waals surface area contributed by atoms with Crippen molar-refractivity contribution in [2.45, 2.75) is 38.9 Å². The molecule has 6 heterocycles. The van der Waals surface area contributed by atoms with Gasteiger partial charge in [0.15, 0.2) is 0 Å². The summed E-state index contributed by atoms with van der Waals surface area (Å²) in [7, 11) is 3.70. The number of fused-ring (bicyclic) bond motifs is 2. The van der Waals surface area contributed by atoms with E-state index in [-0.39, 0.29) is 35.9 Å². The smallest absolute Gasteiger partial charge is 0.225 e. The van der Waals surface area contributed by atoms with Crippen LogP contribution < -0.4 is 20.1 Å². The number of pyridine rings is 2. The van der Waals surface area contributed by atoms with E-state index in [4.69, 9.17) is 19.4 Å². The van der Waals surface area contributed by atoms with Gasteiger partial charge in [-0.15, -0.1) is 0 Å². The first-order valence-corrected chi connectivity index (χ1v) is 12.8. The van der Waals surface area contributed by atoms with Crippen LogP contribution in [0.5, 0.6) is 11.8 Å². The Labute approximate surface area is 218 Å². The van der Waals surface area contributed by atoms with E-state index in [9.17, 15) is 9.59 Å². The molecule has 4 aromatic heterocycles. The molecule has 0 aromatic carbocycles. The van der Waals surface area contributed by atoms with Gasteiger partial charge in [0.05, 0.1) is 33.2 Å². The zero-order valence-electron chi connectivity index (χ0n) is 21.8. The topological polar surface area (TPSA) is 138 Å². The maximum absolute atomic E-state index is 11.7. The zero-order chi connectivity index (χ0) is 26.6. The molecule has 38 heavy (non-hydrogen) atoms. The molecule has 2 saturated heterocycles. The van der Waals surface area contributed by atoms with Crippen molar-refractivity contribution in [1.82, 2.24) is 40.2 Å². The summed E-state index contributed by atoms with van der Waals surface area (Å²) in [6.07, 6.45) is 4.14. The van der Waals surface area contributed by atoms with E-state index in [0.717, 1.165) is 21.8 Å². The van der Waals surface area contributed by atoms with Gasteiger partial charge in [-0.1, -0.05) is 0 Å². The molecule has 0 aliphatic carbocycles. The Morgan fingerprint density at radius 1 is 0.789 bits per heavy atom. The van der Waals surface area contributed by atoms with Gasteiger partial charge in [-0.25, -0.2) is 9.97 Å². The predicted molar refractivity (Wildman–Crippen MR) is 138 cm³/mol. The van der Waals surface area contributed by atoms with Crippen LogP contribution in [0.3, 0.4) is 0 Å². The molecule has 0 saturated carbocycles. The Hall–Kier alpha value is -4.22. The second kappa shape index (κ2) is 9.26. The summed E-state index contributed by atoms with van der Waals surface area (Å²) in [4.78, 5) is 33.2. The van der Waals surface area contributed by atoms with Crippen molar-refractivity contribution in [3.05, 3.63) is 24.5 Å². The van der Waals surface area contributed by atoms with Crippen LogP contribution in [0.1, 0.15) is 26.7 Å². The van der Waals surface area contributed by atoms with Gasteiger partial charge < -0.3 is 20.1 Å². The standard InChI is InChI=1S/C26H30N8O4/c1-13(15-5-23(35)27-9-15)37-25-17-11-33(3)31-19(17)7-21(29-25)22-8-20-18(12-34(4)32-20)26(30-22)38-14(2)16-6-24(36)28-10-16/h7-8,11-16H,5-6,9-10H2,1-4H3,(H,27,35)(H,28,36)/t13-,14?,15?,16?/m1/s1. The van der Waals surface area contributed by atoms with Gasteiger partial charge >= 0.3 is 0 Å². The van der Waals surface area contributed by atoms with Crippen molar-refractivity contribution in [1.29, 1.82) is 0 Å². The van der Waals surface area contributed by atoms with Gasteiger partial charge in [-0.2, -0.15) is 10.2 Å². The van der Waals surface area contributed by atoms with E-state index < -0.39 is 0 Å². The molecule has 6 rings (SSSR count). The molecule has 12 heteroatoms. The largest absolute Gasteiger partial charge is 0.474 e. The number of carbonyl (C=O) groups excluding carboxylic acids is 2. The molecule has 2 fully saturated rings. The highest BCUT2D eigenvalue weighted by Crippen LogP contribution is 2.34. The fraction of sp³-hybridized carbons (Fsp3) is 0.462. The van der Waals surface area contributed by atoms with Crippen molar-refractivity contribution < 1.29 is 19.1 Å². The van der Waals surface area contributed by atoms with Gasteiger partial charge in [-0.05, 0) is 26.0 Å². The third-order valence-corrected chi connectivity index (χ3v) is 7.37. The van der Waals surface area contributed by atoms with Crippen molar-refractivity contribution in [3.63, 3.8) is 0 Å². The molecule has 2 N–H and O–H groups in total. The number of aryl methyl sites for hydroxylation is 2. The number of nitrogens with zero attached hydrogens (tertiary/aromatic N) is 6. The average Bonchev–Trinajstić information content (AvgIpc) is 3.65. The number of aromatic nitrogens is 6. The lowest BCUT2D eigenvalue weighted by Gasteiger charge is -2.20. The molecule has 198 valence electrons. The third-order valence-electron chi connectivity index (χ3n) is 7.37. The first kappa shape index (κ1) is 24.1. The highest BCUT2D eigenvalue weighted by Gasteiger charge is 2.30. The summed E-state index contributed by atoms with van der Waals surface area (Å²) >= 11 is 0. The Morgan fingerprint density at radius 3 is 1.58 bits per heavy atom. The Bertz CT molecular complexity index is 1440. The predicted octanol–water partition coefficient (Wildman–Crippen LogP) is 1.72. The SMILES string of the molecule is CC(Oc1nc(-c2cc3nn(C)cc3c(O[C@H](C)C3CNC(=O)C3)n2)cc2nn(C)cc12)C1CNC(=O)C1. The molecule has 4 aromatic rings. The molecule has 0 bridgehead atoms. The second-order valence-electron chi connectivity index (χ2n) is 10.3. The van der Waals surface area contributed by atoms with E-state index in [1.165, 1.54) is 0 Å². The van der Waals surface area contributed by atoms with Crippen molar-refractivity contribution in [2.24, 2.45) is 25.9 Å². The van der Waals surface area contributed by atoms with Crippen LogP contribution in [0.25, 0.3) is 33.2 Å². The maximum atomic E-state index is 11.7. The van der Waals surface area contributed by atoms with E-state index >= 15 is 0 Å². The third kappa shape index (κ3) is 4.50. The summed E-state index contributed by atoms with van der Waals surface area (Å²) in [6.45, 7) is 5.06. The first-order chi connectivity index (χ1) is 18.2. The van der Waals surface area contributed by atoms with Gasteiger partial charge in [-0.3, -0.25) is 19.0 Å². The van der Waals surface area contributed by atoms with Crippen LogP contribution in [0.2, 0.25) is 0 Å². The van der Waals surface area contributed by atoms with Crippen LogP contribution >= 0.6 is 0 Å². The summed E-state index contributed by atoms with van der Waals surface area (Å²) in [6, 6.07) is 3.74. The highest BCUT2D eigenvalue weighted by atomic mass is 16.5. The molecule has 3 unspecified atom stereocenters. The highest BCUT2D eigenvalue weighted by molar-refractivity contribution is 5.90. The zero-order valence-corrected chi connectivity index (χ0v) is 21.8. The number of carbonyl (C=O) groups is 2. The molecule has 0 radical (unpaired) electrons. The van der Waals surface area contributed by atoms with Crippen LogP contribution in [-0.2, 0) is 23.7 Å². The summed E-state index contributed by atoms with van der Waals surface area (Å²) in [5.74, 6) is 1.05. The molecule has 12 nitrogen and oxygen atoms in total. The minimum atomic E-state index is -0.228. The van der Waals surface area contributed by atoms with Crippen molar-refractivity contribution in [3.8, 4) is 23.1 Å². The van der Waals surface area contributed by atoms with Gasteiger partial charge in [0.25, 0.3) is 0 Å². The normalized spacial score (nSPS) is 21.1. The number of ether oxygens (including phenoxy) is 2. The van der Waals surface area contributed by atoms with Crippen LogP contribution in [0.15, 0.2) is 24.5 Å². The lowest BCUT2D eigenvalue weighted by atomic mass is 10.0. The molecule has 2 aliphatic heterocycles. The van der Waals surface area contributed by atoms with Crippen molar-refractivity contribution in [2.75, 3.05) is 13.1 Å². The second-order valence-corrected chi connectivity index (χ2v) is 10.3. The molecule has 2 amide bonds. The summed E-state index contributed by atoms with van der Waals surface area (Å²) < 4.78 is 16.1. The van der Waals surface area contributed by atoms with Crippen LogP contribution in [-0.4, -0.2) is 66.6 Å². The lowest BCUT2D eigenvalue weighted by molar-refractivity contribution is -0.120. The Morgan fingerprint density at radius 2 is 1.21 bits per heavy atom. The molecular weight excluding hydrogens is 488 g/mol. The Kier molecular flexibility index (Phi) is 5.88. The first-order valence-electron chi connectivity index (χ1n) is 12.8. The monoisotopic (exact) mass is 518 g/mol. The van der Waals surface area contributed by atoms with E-state index in [0.29, 0.717) is 49.1 Å². The number of rotatable bonds is 7. The fourth-order valence-corrected chi connectivity index (χ4v) is 5.12.